The zero-order valence-electron chi connectivity index (χ0n) is 4.65. The van der Waals surface area contributed by atoms with Gasteiger partial charge in [0.2, 0.25) is 0 Å². The second-order valence-electron chi connectivity index (χ2n) is 1.52. The third kappa shape index (κ3) is 1.24. The molecular formula is C5H5N3S. The molecule has 1 aromatic heterocycles. The Kier molecular flexibility index (Phi) is 1.75. The van der Waals surface area contributed by atoms with Crippen LogP contribution in [0.4, 0.5) is 0 Å². The lowest BCUT2D eigenvalue weighted by Crippen LogP contribution is -1.89. The van der Waals surface area contributed by atoms with Gasteiger partial charge in [-0.25, -0.2) is 0 Å². The minimum atomic E-state index is 0.516. The first-order valence-electron chi connectivity index (χ1n) is 2.40. The number of nitrogens with zero attached hydrogens (tertiary/aromatic N) is 3. The van der Waals surface area contributed by atoms with Gasteiger partial charge in [-0.3, -0.25) is 4.68 Å². The molecule has 0 aliphatic rings. The van der Waals surface area contributed by atoms with Crippen LogP contribution in [0, 0.1) is 11.3 Å². The van der Waals surface area contributed by atoms with Gasteiger partial charge >= 0.3 is 0 Å². The van der Waals surface area contributed by atoms with Crippen LogP contribution < -0.4 is 0 Å². The van der Waals surface area contributed by atoms with E-state index in [1.165, 1.54) is 6.20 Å². The third-order valence-corrected chi connectivity index (χ3v) is 1.20. The highest BCUT2D eigenvalue weighted by atomic mass is 32.1. The first kappa shape index (κ1) is 6.17. The Bertz CT molecular complexity index is 235. The Balaban J connectivity index is 2.90. The highest BCUT2D eigenvalue weighted by Crippen LogP contribution is 1.94. The summed E-state index contributed by atoms with van der Waals surface area (Å²) in [6, 6.07) is 1.96. The van der Waals surface area contributed by atoms with E-state index < -0.39 is 0 Å². The van der Waals surface area contributed by atoms with Crippen LogP contribution in [0.5, 0.6) is 0 Å². The molecule has 0 atom stereocenters. The van der Waals surface area contributed by atoms with Crippen LogP contribution in [0.15, 0.2) is 12.4 Å². The molecule has 0 amide bonds. The van der Waals surface area contributed by atoms with E-state index in [1.807, 2.05) is 6.07 Å². The average Bonchev–Trinajstić information content (AvgIpc) is 2.34. The van der Waals surface area contributed by atoms with Crippen LogP contribution in [0.1, 0.15) is 5.56 Å². The molecule has 0 saturated heterocycles. The summed E-state index contributed by atoms with van der Waals surface area (Å²) >= 11 is 3.95. The summed E-state index contributed by atoms with van der Waals surface area (Å²) in [5.41, 5.74) is 0.573. The van der Waals surface area contributed by atoms with Gasteiger partial charge in [-0.1, -0.05) is 0 Å². The average molecular weight is 139 g/mol. The van der Waals surface area contributed by atoms with E-state index in [9.17, 15) is 0 Å². The van der Waals surface area contributed by atoms with Crippen LogP contribution in [0.3, 0.4) is 0 Å². The van der Waals surface area contributed by atoms with E-state index in [-0.39, 0.29) is 0 Å². The SMILES string of the molecule is N#Cc1cnn(CS)c1. The maximum atomic E-state index is 8.32. The standard InChI is InChI=1S/C5H5N3S/c6-1-5-2-7-8(3-5)4-9/h2-3,9H,4H2. The molecule has 46 valence electrons. The fourth-order valence-corrected chi connectivity index (χ4v) is 0.653. The van der Waals surface area contributed by atoms with Crippen molar-refractivity contribution < 1.29 is 0 Å². The van der Waals surface area contributed by atoms with Crippen molar-refractivity contribution in [1.82, 2.24) is 9.78 Å². The summed E-state index contributed by atoms with van der Waals surface area (Å²) < 4.78 is 1.58. The first-order chi connectivity index (χ1) is 4.36. The summed E-state index contributed by atoms with van der Waals surface area (Å²) in [4.78, 5) is 0. The Morgan fingerprint density at radius 3 is 3.00 bits per heavy atom. The molecule has 1 heterocycles. The highest BCUT2D eigenvalue weighted by Gasteiger charge is 1.91. The molecule has 1 rings (SSSR count). The van der Waals surface area contributed by atoms with Gasteiger partial charge in [0.25, 0.3) is 0 Å². The third-order valence-electron chi connectivity index (χ3n) is 0.907. The summed E-state index contributed by atoms with van der Waals surface area (Å²) in [5, 5.41) is 12.1. The fraction of sp³-hybridized carbons (Fsp3) is 0.200. The van der Waals surface area contributed by atoms with Crippen molar-refractivity contribution in [3.8, 4) is 6.07 Å². The van der Waals surface area contributed by atoms with Crippen molar-refractivity contribution in [2.45, 2.75) is 5.88 Å². The van der Waals surface area contributed by atoms with Crippen LogP contribution in [-0.4, -0.2) is 9.78 Å². The van der Waals surface area contributed by atoms with Gasteiger partial charge in [-0.05, 0) is 0 Å². The lowest BCUT2D eigenvalue weighted by atomic mass is 10.4. The largest absolute Gasteiger partial charge is 0.262 e. The molecule has 0 aliphatic heterocycles. The second kappa shape index (κ2) is 2.55. The zero-order chi connectivity index (χ0) is 6.69. The Labute approximate surface area is 58.3 Å². The first-order valence-corrected chi connectivity index (χ1v) is 3.03. The van der Waals surface area contributed by atoms with Gasteiger partial charge in [0.15, 0.2) is 0 Å². The normalized spacial score (nSPS) is 8.89. The Morgan fingerprint density at radius 2 is 2.67 bits per heavy atom. The molecule has 4 heteroatoms. The minimum absolute atomic E-state index is 0.516. The molecule has 0 bridgehead atoms. The predicted octanol–water partition coefficient (Wildman–Crippen LogP) is 0.642. The molecule has 0 spiro atoms. The number of thiol groups is 1. The van der Waals surface area contributed by atoms with Gasteiger partial charge in [0.1, 0.15) is 6.07 Å². The van der Waals surface area contributed by atoms with Crippen molar-refractivity contribution in [2.24, 2.45) is 0 Å². The summed E-state index contributed by atoms with van der Waals surface area (Å²) in [5.74, 6) is 0.516. The Morgan fingerprint density at radius 1 is 1.89 bits per heavy atom. The van der Waals surface area contributed by atoms with Gasteiger partial charge in [-0.2, -0.15) is 23.0 Å². The number of aromatic nitrogens is 2. The van der Waals surface area contributed by atoms with Gasteiger partial charge in [0.05, 0.1) is 17.6 Å². The van der Waals surface area contributed by atoms with E-state index in [2.05, 4.69) is 17.7 Å². The van der Waals surface area contributed by atoms with E-state index in [1.54, 1.807) is 10.9 Å². The summed E-state index contributed by atoms with van der Waals surface area (Å²) in [6.45, 7) is 0. The molecule has 0 aliphatic carbocycles. The van der Waals surface area contributed by atoms with Crippen molar-refractivity contribution in [2.75, 3.05) is 0 Å². The molecule has 1 aromatic rings. The molecule has 0 saturated carbocycles. The van der Waals surface area contributed by atoms with Crippen LogP contribution in [0.25, 0.3) is 0 Å². The summed E-state index contributed by atoms with van der Waals surface area (Å²) in [6.07, 6.45) is 3.16. The highest BCUT2D eigenvalue weighted by molar-refractivity contribution is 7.79. The fourth-order valence-electron chi connectivity index (χ4n) is 0.499. The van der Waals surface area contributed by atoms with Gasteiger partial charge < -0.3 is 0 Å². The van der Waals surface area contributed by atoms with E-state index in [0.29, 0.717) is 11.4 Å². The second-order valence-corrected chi connectivity index (χ2v) is 1.80. The van der Waals surface area contributed by atoms with Crippen molar-refractivity contribution in [3.63, 3.8) is 0 Å². The van der Waals surface area contributed by atoms with Crippen molar-refractivity contribution in [3.05, 3.63) is 18.0 Å². The predicted molar refractivity (Wildman–Crippen MR) is 35.9 cm³/mol. The van der Waals surface area contributed by atoms with E-state index in [4.69, 9.17) is 5.26 Å². The van der Waals surface area contributed by atoms with Crippen LogP contribution >= 0.6 is 12.6 Å². The Hall–Kier alpha value is -0.950. The maximum absolute atomic E-state index is 8.32. The van der Waals surface area contributed by atoms with E-state index in [0.717, 1.165) is 0 Å². The molecular weight excluding hydrogens is 134 g/mol. The minimum Gasteiger partial charge on any atom is -0.262 e. The number of rotatable bonds is 1. The number of hydrogen-bond acceptors (Lipinski definition) is 3. The van der Waals surface area contributed by atoms with E-state index >= 15 is 0 Å². The molecule has 0 N–H and O–H groups in total. The lowest BCUT2D eigenvalue weighted by molar-refractivity contribution is 0.754. The monoisotopic (exact) mass is 139 g/mol. The number of nitriles is 1. The molecule has 0 radical (unpaired) electrons. The lowest BCUT2D eigenvalue weighted by Gasteiger charge is -1.87. The van der Waals surface area contributed by atoms with Gasteiger partial charge in [-0.15, -0.1) is 0 Å². The van der Waals surface area contributed by atoms with Crippen molar-refractivity contribution in [1.29, 1.82) is 5.26 Å². The van der Waals surface area contributed by atoms with Crippen LogP contribution in [0.2, 0.25) is 0 Å². The maximum Gasteiger partial charge on any atom is 0.102 e. The van der Waals surface area contributed by atoms with Crippen LogP contribution in [-0.2, 0) is 5.88 Å². The quantitative estimate of drug-likeness (QED) is 0.580. The molecule has 0 fully saturated rings. The molecule has 9 heavy (non-hydrogen) atoms. The smallest absolute Gasteiger partial charge is 0.102 e. The molecule has 3 nitrogen and oxygen atoms in total. The topological polar surface area (TPSA) is 41.6 Å². The zero-order valence-corrected chi connectivity index (χ0v) is 5.55. The molecule has 0 aromatic carbocycles. The van der Waals surface area contributed by atoms with Crippen molar-refractivity contribution >= 4 is 12.6 Å². The van der Waals surface area contributed by atoms with Gasteiger partial charge in [0, 0.05) is 6.20 Å². The summed E-state index contributed by atoms with van der Waals surface area (Å²) in [7, 11) is 0. The number of hydrogen-bond donors (Lipinski definition) is 1. The molecule has 0 unspecified atom stereocenters.